The highest BCUT2D eigenvalue weighted by Gasteiger charge is 2.47. The van der Waals surface area contributed by atoms with Gasteiger partial charge < -0.3 is 18.9 Å². The zero-order valence-corrected chi connectivity index (χ0v) is 10.1. The summed E-state index contributed by atoms with van der Waals surface area (Å²) in [6.45, 7) is 4.80. The van der Waals surface area contributed by atoms with E-state index in [-0.39, 0.29) is 6.29 Å². The Balaban J connectivity index is 1.83. The molecule has 0 aromatic carbocycles. The van der Waals surface area contributed by atoms with Crippen LogP contribution in [0.5, 0.6) is 0 Å². The number of rotatable bonds is 6. The minimum Gasteiger partial charge on any atom is -0.345 e. The van der Waals surface area contributed by atoms with E-state index in [1.54, 1.807) is 0 Å². The number of hydrogen-bond donors (Lipinski definition) is 0. The maximum atomic E-state index is 5.73. The third-order valence-electron chi connectivity index (χ3n) is 3.14. The molecule has 94 valence electrons. The molecule has 4 heteroatoms. The average Bonchev–Trinajstić information content (AvgIpc) is 2.95. The topological polar surface area (TPSA) is 36.9 Å². The van der Waals surface area contributed by atoms with Gasteiger partial charge in [-0.1, -0.05) is 26.2 Å². The van der Waals surface area contributed by atoms with E-state index in [0.717, 1.165) is 12.8 Å². The molecule has 2 aliphatic heterocycles. The predicted molar refractivity (Wildman–Crippen MR) is 59.1 cm³/mol. The van der Waals surface area contributed by atoms with Crippen LogP contribution in [0.25, 0.3) is 0 Å². The fourth-order valence-electron chi connectivity index (χ4n) is 2.28. The summed E-state index contributed by atoms with van der Waals surface area (Å²) in [5.74, 6) is -0.621. The molecular formula is C12H22O4. The third kappa shape index (κ3) is 2.74. The molecule has 0 atom stereocenters. The van der Waals surface area contributed by atoms with Crippen molar-refractivity contribution in [3.8, 4) is 0 Å². The van der Waals surface area contributed by atoms with Crippen molar-refractivity contribution >= 4 is 0 Å². The van der Waals surface area contributed by atoms with Gasteiger partial charge in [-0.15, -0.1) is 0 Å². The van der Waals surface area contributed by atoms with Crippen LogP contribution in [0, 0.1) is 0 Å². The number of hydrogen-bond acceptors (Lipinski definition) is 4. The molecule has 4 nitrogen and oxygen atoms in total. The first kappa shape index (κ1) is 12.3. The summed E-state index contributed by atoms with van der Waals surface area (Å²) in [7, 11) is 0. The van der Waals surface area contributed by atoms with Crippen molar-refractivity contribution in [2.24, 2.45) is 0 Å². The number of unbranched alkanes of at least 4 members (excludes halogenated alkanes) is 3. The minimum absolute atomic E-state index is 0.323. The van der Waals surface area contributed by atoms with Crippen LogP contribution < -0.4 is 0 Å². The van der Waals surface area contributed by atoms with Crippen molar-refractivity contribution in [1.29, 1.82) is 0 Å². The summed E-state index contributed by atoms with van der Waals surface area (Å²) in [6, 6.07) is 0. The van der Waals surface area contributed by atoms with Gasteiger partial charge >= 0.3 is 0 Å². The van der Waals surface area contributed by atoms with Crippen molar-refractivity contribution < 1.29 is 18.9 Å². The Morgan fingerprint density at radius 2 is 1.62 bits per heavy atom. The molecule has 2 heterocycles. The van der Waals surface area contributed by atoms with Gasteiger partial charge in [-0.2, -0.15) is 0 Å². The molecule has 0 saturated carbocycles. The Labute approximate surface area is 97.2 Å². The molecule has 0 aromatic heterocycles. The van der Waals surface area contributed by atoms with Crippen LogP contribution in [0.4, 0.5) is 0 Å². The van der Waals surface area contributed by atoms with E-state index in [9.17, 15) is 0 Å². The molecule has 0 N–H and O–H groups in total. The molecule has 0 radical (unpaired) electrons. The summed E-state index contributed by atoms with van der Waals surface area (Å²) in [4.78, 5) is 0. The van der Waals surface area contributed by atoms with Gasteiger partial charge in [-0.05, 0) is 6.42 Å². The quantitative estimate of drug-likeness (QED) is 0.655. The van der Waals surface area contributed by atoms with Crippen molar-refractivity contribution in [1.82, 2.24) is 0 Å². The van der Waals surface area contributed by atoms with Crippen molar-refractivity contribution in [2.45, 2.75) is 51.1 Å². The van der Waals surface area contributed by atoms with Gasteiger partial charge in [-0.25, -0.2) is 0 Å². The maximum absolute atomic E-state index is 5.73. The van der Waals surface area contributed by atoms with Gasteiger partial charge in [-0.3, -0.25) is 0 Å². The van der Waals surface area contributed by atoms with Crippen LogP contribution >= 0.6 is 0 Å². The SMILES string of the molecule is CCCCCCC1(C2OCCO2)OCCO1. The van der Waals surface area contributed by atoms with Gasteiger partial charge in [0.1, 0.15) is 0 Å². The smallest absolute Gasteiger partial charge is 0.220 e. The molecule has 0 unspecified atom stereocenters. The summed E-state index contributed by atoms with van der Waals surface area (Å²) >= 11 is 0. The maximum Gasteiger partial charge on any atom is 0.220 e. The summed E-state index contributed by atoms with van der Waals surface area (Å²) in [5, 5.41) is 0. The summed E-state index contributed by atoms with van der Waals surface area (Å²) in [5.41, 5.74) is 0. The van der Waals surface area contributed by atoms with E-state index < -0.39 is 5.79 Å². The highest BCUT2D eigenvalue weighted by atomic mass is 16.8. The van der Waals surface area contributed by atoms with Gasteiger partial charge in [0.05, 0.1) is 26.4 Å². The second-order valence-corrected chi connectivity index (χ2v) is 4.39. The molecule has 2 aliphatic rings. The second-order valence-electron chi connectivity index (χ2n) is 4.39. The lowest BCUT2D eigenvalue weighted by molar-refractivity contribution is -0.284. The molecule has 2 rings (SSSR count). The Morgan fingerprint density at radius 3 is 2.25 bits per heavy atom. The van der Waals surface area contributed by atoms with Crippen LogP contribution in [0.2, 0.25) is 0 Å². The van der Waals surface area contributed by atoms with E-state index in [4.69, 9.17) is 18.9 Å². The molecule has 0 bridgehead atoms. The van der Waals surface area contributed by atoms with Crippen molar-refractivity contribution in [3.63, 3.8) is 0 Å². The van der Waals surface area contributed by atoms with E-state index in [2.05, 4.69) is 6.92 Å². The lowest BCUT2D eigenvalue weighted by Crippen LogP contribution is -2.44. The van der Waals surface area contributed by atoms with Gasteiger partial charge in [0, 0.05) is 6.42 Å². The molecule has 2 fully saturated rings. The van der Waals surface area contributed by atoms with Gasteiger partial charge in [0.15, 0.2) is 0 Å². The first-order valence-corrected chi connectivity index (χ1v) is 6.38. The van der Waals surface area contributed by atoms with Crippen LogP contribution in [-0.4, -0.2) is 38.5 Å². The molecule has 0 aromatic rings. The lowest BCUT2D eigenvalue weighted by Gasteiger charge is -2.31. The van der Waals surface area contributed by atoms with Crippen LogP contribution in [-0.2, 0) is 18.9 Å². The number of ether oxygens (including phenoxy) is 4. The Bertz CT molecular complexity index is 195. The lowest BCUT2D eigenvalue weighted by atomic mass is 10.1. The molecule has 0 amide bonds. The van der Waals surface area contributed by atoms with E-state index in [1.165, 1.54) is 19.3 Å². The average molecular weight is 230 g/mol. The highest BCUT2D eigenvalue weighted by Crippen LogP contribution is 2.33. The van der Waals surface area contributed by atoms with Crippen molar-refractivity contribution in [3.05, 3.63) is 0 Å². The first-order valence-electron chi connectivity index (χ1n) is 6.38. The summed E-state index contributed by atoms with van der Waals surface area (Å²) in [6.07, 6.45) is 5.39. The molecule has 0 aliphatic carbocycles. The molecular weight excluding hydrogens is 208 g/mol. The first-order chi connectivity index (χ1) is 7.87. The highest BCUT2D eigenvalue weighted by molar-refractivity contribution is 4.80. The standard InChI is InChI=1S/C12H22O4/c1-2-3-4-5-6-12(15-9-10-16-12)11-13-7-8-14-11/h11H,2-10H2,1H3. The Kier molecular flexibility index (Phi) is 4.58. The Hall–Kier alpha value is -0.160. The van der Waals surface area contributed by atoms with Gasteiger partial charge in [0.2, 0.25) is 12.1 Å². The normalized spacial score (nSPS) is 25.3. The third-order valence-corrected chi connectivity index (χ3v) is 3.14. The van der Waals surface area contributed by atoms with E-state index in [0.29, 0.717) is 26.4 Å². The van der Waals surface area contributed by atoms with Crippen LogP contribution in [0.3, 0.4) is 0 Å². The fraction of sp³-hybridized carbons (Fsp3) is 1.00. The molecule has 0 spiro atoms. The predicted octanol–water partition coefficient (Wildman–Crippen LogP) is 2.07. The fourth-order valence-corrected chi connectivity index (χ4v) is 2.28. The van der Waals surface area contributed by atoms with Gasteiger partial charge in [0.25, 0.3) is 0 Å². The Morgan fingerprint density at radius 1 is 0.938 bits per heavy atom. The molecule has 2 saturated heterocycles. The minimum atomic E-state index is -0.621. The van der Waals surface area contributed by atoms with E-state index in [1.807, 2.05) is 0 Å². The van der Waals surface area contributed by atoms with E-state index >= 15 is 0 Å². The largest absolute Gasteiger partial charge is 0.345 e. The summed E-state index contributed by atoms with van der Waals surface area (Å²) < 4.78 is 22.5. The zero-order chi connectivity index (χ0) is 11.3. The van der Waals surface area contributed by atoms with Crippen LogP contribution in [0.1, 0.15) is 39.0 Å². The zero-order valence-electron chi connectivity index (χ0n) is 10.1. The molecule has 16 heavy (non-hydrogen) atoms. The second kappa shape index (κ2) is 5.96. The van der Waals surface area contributed by atoms with Crippen LogP contribution in [0.15, 0.2) is 0 Å². The van der Waals surface area contributed by atoms with Crippen molar-refractivity contribution in [2.75, 3.05) is 26.4 Å². The monoisotopic (exact) mass is 230 g/mol.